The molecule has 4 rings (SSSR count). The normalized spacial score (nSPS) is 12.4. The Labute approximate surface area is 281 Å². The van der Waals surface area contributed by atoms with E-state index in [1.165, 1.54) is 33.3 Å². The molecule has 0 spiro atoms. The van der Waals surface area contributed by atoms with E-state index < -0.39 is 6.67 Å². The number of aromatic nitrogens is 2. The summed E-state index contributed by atoms with van der Waals surface area (Å²) < 4.78 is 16.6. The Morgan fingerprint density at radius 2 is 1.85 bits per heavy atom. The number of alkyl halides is 1. The minimum Gasteiger partial charge on any atom is -0.340 e. The van der Waals surface area contributed by atoms with Gasteiger partial charge < -0.3 is 10.3 Å². The van der Waals surface area contributed by atoms with E-state index in [9.17, 15) is 9.18 Å². The van der Waals surface area contributed by atoms with E-state index in [0.717, 1.165) is 86.8 Å². The lowest BCUT2D eigenvalue weighted by Crippen LogP contribution is -2.30. The van der Waals surface area contributed by atoms with Gasteiger partial charge in [0.25, 0.3) is 0 Å². The van der Waals surface area contributed by atoms with Gasteiger partial charge in [-0.1, -0.05) is 50.5 Å². The van der Waals surface area contributed by atoms with Crippen molar-refractivity contribution in [2.75, 3.05) is 6.54 Å². The molecule has 4 N–H and O–H groups in total. The highest BCUT2D eigenvalue weighted by molar-refractivity contribution is 5.95. The van der Waals surface area contributed by atoms with Crippen molar-refractivity contribution < 1.29 is 9.18 Å². The first-order valence-corrected chi connectivity index (χ1v) is 17.2. The van der Waals surface area contributed by atoms with Gasteiger partial charge in [0.15, 0.2) is 0 Å². The van der Waals surface area contributed by atoms with Crippen LogP contribution in [-0.4, -0.2) is 22.5 Å². The Morgan fingerprint density at radius 1 is 1.09 bits per heavy atom. The summed E-state index contributed by atoms with van der Waals surface area (Å²) in [7, 11) is 0. The monoisotopic (exact) mass is 639 g/mol. The van der Waals surface area contributed by atoms with Crippen molar-refractivity contribution in [1.29, 1.82) is 0 Å². The minimum atomic E-state index is -0.488. The number of halogens is 1. The molecule has 6 nitrogen and oxygen atoms in total. The predicted octanol–water partition coefficient (Wildman–Crippen LogP) is 9.16. The molecule has 0 fully saturated rings. The zero-order valence-corrected chi connectivity index (χ0v) is 29.1. The number of carbonyl (C=O) groups excluding carboxylic acids is 1. The molecule has 1 atom stereocenters. The van der Waals surface area contributed by atoms with E-state index in [1.54, 1.807) is 0 Å². The van der Waals surface area contributed by atoms with Crippen LogP contribution in [0.15, 0.2) is 66.9 Å². The molecule has 47 heavy (non-hydrogen) atoms. The van der Waals surface area contributed by atoms with Crippen LogP contribution in [0.5, 0.6) is 0 Å². The van der Waals surface area contributed by atoms with Crippen molar-refractivity contribution in [3.8, 4) is 22.4 Å². The summed E-state index contributed by atoms with van der Waals surface area (Å²) >= 11 is 0. The summed E-state index contributed by atoms with van der Waals surface area (Å²) in [5, 5.41) is 1.23. The number of hydrazine groups is 1. The van der Waals surface area contributed by atoms with Crippen molar-refractivity contribution in [3.63, 3.8) is 0 Å². The lowest BCUT2D eigenvalue weighted by molar-refractivity contribution is -0.110. The van der Waals surface area contributed by atoms with Crippen molar-refractivity contribution in [1.82, 2.24) is 20.4 Å². The van der Waals surface area contributed by atoms with Crippen LogP contribution in [0.25, 0.3) is 33.3 Å². The second kappa shape index (κ2) is 16.8. The molecule has 0 radical (unpaired) electrons. The van der Waals surface area contributed by atoms with Crippen LogP contribution in [0.1, 0.15) is 102 Å². The lowest BCUT2D eigenvalue weighted by Gasteiger charge is -2.26. The molecule has 0 aliphatic carbocycles. The molecular formula is C40H54FN5O. The SMILES string of the molecule is C=C(C)CCC(C)(C)Cc1c(-c2cccnc2C(C)N)n(CC)c2ccc(-c3cc(CF)cc(CCCCCCNNC=O)c3)cc12. The molecule has 4 aromatic rings. The Balaban J connectivity index is 1.77. The first kappa shape index (κ1) is 36.0. The summed E-state index contributed by atoms with van der Waals surface area (Å²) in [6, 6.07) is 16.9. The van der Waals surface area contributed by atoms with Gasteiger partial charge in [0.1, 0.15) is 6.67 Å². The van der Waals surface area contributed by atoms with E-state index in [1.807, 2.05) is 31.3 Å². The van der Waals surface area contributed by atoms with E-state index >= 15 is 0 Å². The topological polar surface area (TPSA) is 85.0 Å². The number of aryl methyl sites for hydroxylation is 2. The second-order valence-corrected chi connectivity index (χ2v) is 13.9. The van der Waals surface area contributed by atoms with Crippen LogP contribution < -0.4 is 16.6 Å². The first-order chi connectivity index (χ1) is 22.6. The number of pyridine rings is 1. The van der Waals surface area contributed by atoms with Crippen LogP contribution >= 0.6 is 0 Å². The smallest absolute Gasteiger partial charge is 0.221 e. The molecule has 0 saturated carbocycles. The van der Waals surface area contributed by atoms with Crippen molar-refractivity contribution >= 4 is 17.3 Å². The summed E-state index contributed by atoms with van der Waals surface area (Å²) in [5.74, 6) is 0. The largest absolute Gasteiger partial charge is 0.340 e. The fourth-order valence-electron chi connectivity index (χ4n) is 6.68. The highest BCUT2D eigenvalue weighted by Gasteiger charge is 2.27. The molecule has 2 aromatic heterocycles. The molecule has 1 amide bonds. The molecular weight excluding hydrogens is 585 g/mol. The van der Waals surface area contributed by atoms with Crippen LogP contribution in [0.4, 0.5) is 4.39 Å². The summed E-state index contributed by atoms with van der Waals surface area (Å²) in [5.41, 5.74) is 22.8. The van der Waals surface area contributed by atoms with E-state index in [4.69, 9.17) is 10.7 Å². The maximum absolute atomic E-state index is 14.2. The zero-order chi connectivity index (χ0) is 34.0. The third-order valence-electron chi connectivity index (χ3n) is 9.11. The van der Waals surface area contributed by atoms with E-state index in [0.29, 0.717) is 12.0 Å². The summed E-state index contributed by atoms with van der Waals surface area (Å²) in [6.07, 6.45) is 10.5. The third-order valence-corrected chi connectivity index (χ3v) is 9.11. The van der Waals surface area contributed by atoms with Crippen molar-refractivity contribution in [2.45, 2.75) is 105 Å². The number of hydrogen-bond donors (Lipinski definition) is 3. The van der Waals surface area contributed by atoms with Gasteiger partial charge in [0.05, 0.1) is 11.4 Å². The Bertz CT molecular complexity index is 1650. The van der Waals surface area contributed by atoms with Gasteiger partial charge in [-0.05, 0) is 123 Å². The number of allylic oxidation sites excluding steroid dienone is 1. The maximum atomic E-state index is 14.2. The number of carbonyl (C=O) groups is 1. The minimum absolute atomic E-state index is 0.0373. The highest BCUT2D eigenvalue weighted by Crippen LogP contribution is 2.42. The van der Waals surface area contributed by atoms with Gasteiger partial charge in [-0.15, -0.1) is 6.58 Å². The first-order valence-electron chi connectivity index (χ1n) is 17.2. The number of rotatable bonds is 19. The van der Waals surface area contributed by atoms with E-state index in [2.05, 4.69) is 80.0 Å². The molecule has 0 bridgehead atoms. The van der Waals surface area contributed by atoms with Gasteiger partial charge in [-0.2, -0.15) is 0 Å². The average Bonchev–Trinajstić information content (AvgIpc) is 3.36. The number of unbranched alkanes of at least 4 members (excludes halogenated alkanes) is 3. The molecule has 2 heterocycles. The van der Waals surface area contributed by atoms with Gasteiger partial charge in [0.2, 0.25) is 6.41 Å². The van der Waals surface area contributed by atoms with Crippen LogP contribution in [0.3, 0.4) is 0 Å². The Morgan fingerprint density at radius 3 is 2.55 bits per heavy atom. The van der Waals surface area contributed by atoms with Gasteiger partial charge in [-0.3, -0.25) is 15.2 Å². The quantitative estimate of drug-likeness (QED) is 0.0413. The molecule has 0 aliphatic rings. The molecule has 0 aliphatic heterocycles. The fraction of sp³-hybridized carbons (Fsp3) is 0.450. The highest BCUT2D eigenvalue weighted by atomic mass is 19.1. The predicted molar refractivity (Wildman–Crippen MR) is 195 cm³/mol. The molecule has 0 saturated heterocycles. The summed E-state index contributed by atoms with van der Waals surface area (Å²) in [4.78, 5) is 15.1. The van der Waals surface area contributed by atoms with Gasteiger partial charge >= 0.3 is 0 Å². The van der Waals surface area contributed by atoms with Crippen LogP contribution in [0.2, 0.25) is 0 Å². The number of nitrogens with one attached hydrogen (secondary N) is 2. The summed E-state index contributed by atoms with van der Waals surface area (Å²) in [6.45, 7) is 16.3. The average molecular weight is 640 g/mol. The standard InChI is InChI=1S/C40H54FN5O/c1-7-46-37-16-15-32(33-22-30(21-31(23-33)26-41)13-10-8-9-11-20-44-45-27-47)24-35(37)36(25-40(5,6)18-17-28(2)3)39(46)34-14-12-19-43-38(34)29(4)42/h12,14-16,19,21-24,27,29,44H,2,7-11,13,17-18,20,25-26,42H2,1,3-6H3,(H,45,47). The van der Waals surface area contributed by atoms with Crippen LogP contribution in [-0.2, 0) is 30.9 Å². The number of fused-ring (bicyclic) bond motifs is 1. The number of amides is 1. The second-order valence-electron chi connectivity index (χ2n) is 13.9. The molecule has 2 aromatic carbocycles. The third kappa shape index (κ3) is 9.39. The van der Waals surface area contributed by atoms with Gasteiger partial charge in [-0.25, -0.2) is 9.82 Å². The van der Waals surface area contributed by atoms with Gasteiger partial charge in [0, 0.05) is 41.8 Å². The Kier molecular flexibility index (Phi) is 12.9. The van der Waals surface area contributed by atoms with Crippen molar-refractivity contribution in [2.24, 2.45) is 11.1 Å². The van der Waals surface area contributed by atoms with Crippen molar-refractivity contribution in [3.05, 3.63) is 89.3 Å². The number of nitrogens with two attached hydrogens (primary N) is 1. The Hall–Kier alpha value is -3.81. The zero-order valence-electron chi connectivity index (χ0n) is 29.1. The lowest BCUT2D eigenvalue weighted by atomic mass is 9.79. The fourth-order valence-corrected chi connectivity index (χ4v) is 6.68. The van der Waals surface area contributed by atoms with E-state index in [-0.39, 0.29) is 11.5 Å². The van der Waals surface area contributed by atoms with Crippen LogP contribution in [0, 0.1) is 5.41 Å². The molecule has 252 valence electrons. The molecule has 7 heteroatoms. The maximum Gasteiger partial charge on any atom is 0.221 e. The molecule has 1 unspecified atom stereocenters. The number of benzene rings is 2. The number of nitrogens with zero attached hydrogens (tertiary/aromatic N) is 2. The number of hydrogen-bond acceptors (Lipinski definition) is 4.